The summed E-state index contributed by atoms with van der Waals surface area (Å²) in [5.74, 6) is 1.38. The number of ether oxygens (including phenoxy) is 1. The fourth-order valence-electron chi connectivity index (χ4n) is 4.59. The predicted octanol–water partition coefficient (Wildman–Crippen LogP) is 3.89. The number of hydrogen-bond acceptors (Lipinski definition) is 7. The molecule has 0 radical (unpaired) electrons. The Kier molecular flexibility index (Phi) is 6.28. The number of hydrogen-bond donors (Lipinski definition) is 0. The molecule has 1 amide bonds. The van der Waals surface area contributed by atoms with Crippen LogP contribution >= 0.6 is 0 Å². The Morgan fingerprint density at radius 3 is 2.65 bits per heavy atom. The van der Waals surface area contributed by atoms with Gasteiger partial charge in [0, 0.05) is 44.3 Å². The highest BCUT2D eigenvalue weighted by Crippen LogP contribution is 2.46. The van der Waals surface area contributed by atoms with Crippen molar-refractivity contribution in [3.63, 3.8) is 0 Å². The Morgan fingerprint density at radius 1 is 1.21 bits per heavy atom. The van der Waals surface area contributed by atoms with Crippen molar-refractivity contribution in [2.24, 2.45) is 0 Å². The molecule has 2 aromatic heterocycles. The molecule has 1 atom stereocenters. The van der Waals surface area contributed by atoms with Gasteiger partial charge in [-0.25, -0.2) is 9.37 Å². The quantitative estimate of drug-likeness (QED) is 0.523. The number of benzene rings is 1. The molecule has 2 aliphatic rings. The van der Waals surface area contributed by atoms with Crippen LogP contribution < -0.4 is 4.90 Å². The van der Waals surface area contributed by atoms with Crippen molar-refractivity contribution < 1.29 is 18.3 Å². The second-order valence-corrected chi connectivity index (χ2v) is 8.94. The maximum Gasteiger partial charge on any atom is 0.251 e. The normalized spacial score (nSPS) is 18.4. The van der Waals surface area contributed by atoms with Crippen LogP contribution in [0.15, 0.2) is 41.1 Å². The van der Waals surface area contributed by atoms with E-state index in [0.29, 0.717) is 44.5 Å². The second-order valence-electron chi connectivity index (χ2n) is 8.94. The minimum Gasteiger partial charge on any atom is -0.423 e. The Balaban J connectivity index is 1.52. The van der Waals surface area contributed by atoms with Gasteiger partial charge in [-0.1, -0.05) is 12.1 Å². The molecule has 8 nitrogen and oxygen atoms in total. The lowest BCUT2D eigenvalue weighted by Gasteiger charge is -2.41. The summed E-state index contributed by atoms with van der Waals surface area (Å²) in [4.78, 5) is 21.9. The summed E-state index contributed by atoms with van der Waals surface area (Å²) in [6, 6.07) is 8.56. The number of rotatable bonds is 7. The first-order valence-electron chi connectivity index (χ1n) is 11.7. The molecular weight excluding hydrogens is 437 g/mol. The van der Waals surface area contributed by atoms with Crippen LogP contribution in [-0.4, -0.2) is 65.4 Å². The molecule has 178 valence electrons. The predicted molar refractivity (Wildman–Crippen MR) is 125 cm³/mol. The van der Waals surface area contributed by atoms with Gasteiger partial charge in [0.05, 0.1) is 24.3 Å². The van der Waals surface area contributed by atoms with Crippen LogP contribution in [0.2, 0.25) is 0 Å². The number of piperazine rings is 1. The number of nitrogens with zero attached hydrogens (tertiary/aromatic N) is 5. The average molecular weight is 466 g/mol. The van der Waals surface area contributed by atoms with Crippen LogP contribution in [0, 0.1) is 5.82 Å². The number of amides is 1. The molecule has 9 heteroatoms. The monoisotopic (exact) mass is 465 g/mol. The Labute approximate surface area is 197 Å². The van der Waals surface area contributed by atoms with Gasteiger partial charge < -0.3 is 19.0 Å². The maximum absolute atomic E-state index is 13.6. The van der Waals surface area contributed by atoms with Gasteiger partial charge in [-0.15, -0.1) is 10.2 Å². The highest BCUT2D eigenvalue weighted by atomic mass is 19.1. The number of halogens is 1. The maximum atomic E-state index is 13.6. The molecule has 3 heterocycles. The van der Waals surface area contributed by atoms with Gasteiger partial charge in [-0.05, 0) is 43.5 Å². The summed E-state index contributed by atoms with van der Waals surface area (Å²) in [5, 5.41) is 8.03. The zero-order valence-electron chi connectivity index (χ0n) is 19.4. The second kappa shape index (κ2) is 9.50. The molecule has 34 heavy (non-hydrogen) atoms. The summed E-state index contributed by atoms with van der Waals surface area (Å²) < 4.78 is 24.2. The van der Waals surface area contributed by atoms with Gasteiger partial charge in [0.15, 0.2) is 0 Å². The fourth-order valence-corrected chi connectivity index (χ4v) is 4.59. The van der Waals surface area contributed by atoms with E-state index in [1.54, 1.807) is 19.2 Å². The Morgan fingerprint density at radius 2 is 2.00 bits per heavy atom. The molecule has 1 aliphatic heterocycles. The van der Waals surface area contributed by atoms with Gasteiger partial charge in [0.2, 0.25) is 12.3 Å². The fraction of sp³-hybridized carbons (Fsp3) is 0.440. The summed E-state index contributed by atoms with van der Waals surface area (Å²) in [6.45, 7) is 4.37. The zero-order valence-corrected chi connectivity index (χ0v) is 19.4. The van der Waals surface area contributed by atoms with E-state index >= 15 is 0 Å². The number of methoxy groups -OCH3 is 1. The van der Waals surface area contributed by atoms with Crippen LogP contribution in [0.3, 0.4) is 0 Å². The molecule has 1 aromatic carbocycles. The van der Waals surface area contributed by atoms with Crippen LogP contribution in [0.4, 0.5) is 10.2 Å². The van der Waals surface area contributed by atoms with Crippen LogP contribution in [0.1, 0.15) is 37.8 Å². The Bertz CT molecular complexity index is 1150. The summed E-state index contributed by atoms with van der Waals surface area (Å²) in [6.07, 6.45) is 3.85. The topological polar surface area (TPSA) is 84.6 Å². The van der Waals surface area contributed by atoms with E-state index in [-0.39, 0.29) is 17.8 Å². The molecule has 1 unspecified atom stereocenters. The minimum absolute atomic E-state index is 0.0246. The molecule has 2 fully saturated rings. The van der Waals surface area contributed by atoms with E-state index in [4.69, 9.17) is 14.1 Å². The molecule has 0 spiro atoms. The van der Waals surface area contributed by atoms with Crippen LogP contribution in [0.5, 0.6) is 0 Å². The summed E-state index contributed by atoms with van der Waals surface area (Å²) in [7, 11) is 1.60. The molecule has 1 saturated carbocycles. The van der Waals surface area contributed by atoms with E-state index < -0.39 is 0 Å². The zero-order chi connectivity index (χ0) is 23.7. The van der Waals surface area contributed by atoms with Gasteiger partial charge in [-0.2, -0.15) is 0 Å². The van der Waals surface area contributed by atoms with Crippen molar-refractivity contribution >= 4 is 11.7 Å². The van der Waals surface area contributed by atoms with Crippen molar-refractivity contribution in [3.8, 4) is 22.6 Å². The van der Waals surface area contributed by atoms with E-state index in [2.05, 4.69) is 22.0 Å². The third kappa shape index (κ3) is 4.52. The van der Waals surface area contributed by atoms with Crippen LogP contribution in [0.25, 0.3) is 22.6 Å². The first-order chi connectivity index (χ1) is 16.5. The van der Waals surface area contributed by atoms with Crippen molar-refractivity contribution in [2.75, 3.05) is 38.3 Å². The van der Waals surface area contributed by atoms with Gasteiger partial charge >= 0.3 is 0 Å². The van der Waals surface area contributed by atoms with E-state index in [0.717, 1.165) is 41.0 Å². The minimum atomic E-state index is -0.273. The molecule has 1 aliphatic carbocycles. The number of anilines is 1. The lowest BCUT2D eigenvalue weighted by molar-refractivity contribution is -0.134. The first kappa shape index (κ1) is 22.5. The Hall–Kier alpha value is -3.33. The lowest BCUT2D eigenvalue weighted by Crippen LogP contribution is -2.54. The highest BCUT2D eigenvalue weighted by molar-refractivity contribution is 5.80. The van der Waals surface area contributed by atoms with Crippen molar-refractivity contribution in [3.05, 3.63) is 48.2 Å². The molecule has 0 bridgehead atoms. The van der Waals surface area contributed by atoms with E-state index in [1.165, 1.54) is 18.5 Å². The number of carbonyl (C=O) groups excluding carboxylic acids is 1. The van der Waals surface area contributed by atoms with E-state index in [1.807, 2.05) is 11.0 Å². The molecular formula is C25H28FN5O3. The van der Waals surface area contributed by atoms with Gasteiger partial charge in [0.25, 0.3) is 5.89 Å². The lowest BCUT2D eigenvalue weighted by atomic mass is 9.98. The average Bonchev–Trinajstić information content (AvgIpc) is 3.55. The number of pyridine rings is 1. The molecule has 5 rings (SSSR count). The highest BCUT2D eigenvalue weighted by Gasteiger charge is 2.34. The smallest absolute Gasteiger partial charge is 0.251 e. The first-order valence-corrected chi connectivity index (χ1v) is 11.7. The number of carbonyl (C=O) groups is 1. The van der Waals surface area contributed by atoms with Crippen molar-refractivity contribution in [2.45, 2.75) is 38.1 Å². The standard InChI is InChI=1S/C25H28FN5O3/c1-16-14-30(10-11-31(16)22(32)9-12-33-2)24-21(25-29-27-15-34-25)13-20(23(28-24)18-3-4-18)17-5-7-19(26)8-6-17/h5-8,13,15-16,18H,3-4,9-12,14H2,1-2H3. The third-order valence-electron chi connectivity index (χ3n) is 6.51. The largest absolute Gasteiger partial charge is 0.423 e. The molecule has 1 saturated heterocycles. The van der Waals surface area contributed by atoms with E-state index in [9.17, 15) is 9.18 Å². The van der Waals surface area contributed by atoms with Crippen LogP contribution in [-0.2, 0) is 9.53 Å². The third-order valence-corrected chi connectivity index (χ3v) is 6.51. The summed E-state index contributed by atoms with van der Waals surface area (Å²) >= 11 is 0. The van der Waals surface area contributed by atoms with Gasteiger partial charge in [0.1, 0.15) is 11.6 Å². The van der Waals surface area contributed by atoms with Gasteiger partial charge in [-0.3, -0.25) is 4.79 Å². The molecule has 0 N–H and O–H groups in total. The van der Waals surface area contributed by atoms with Crippen molar-refractivity contribution in [1.82, 2.24) is 20.1 Å². The van der Waals surface area contributed by atoms with Crippen molar-refractivity contribution in [1.29, 1.82) is 0 Å². The molecule has 3 aromatic rings. The number of aromatic nitrogens is 3. The SMILES string of the molecule is COCCC(=O)N1CCN(c2nc(C3CC3)c(-c3ccc(F)cc3)cc2-c2nnco2)CC1C. The summed E-state index contributed by atoms with van der Waals surface area (Å²) in [5.41, 5.74) is 3.62.